The van der Waals surface area contributed by atoms with Crippen LogP contribution in [0.1, 0.15) is 66.1 Å². The molecule has 1 fully saturated rings. The van der Waals surface area contributed by atoms with E-state index in [0.717, 1.165) is 21.7 Å². The molecule has 1 aliphatic rings. The van der Waals surface area contributed by atoms with Gasteiger partial charge < -0.3 is 15.5 Å². The maximum absolute atomic E-state index is 13.7. The molecule has 8 heteroatoms. The van der Waals surface area contributed by atoms with Gasteiger partial charge in [-0.05, 0) is 35.8 Å². The fourth-order valence-corrected chi connectivity index (χ4v) is 5.17. The van der Waals surface area contributed by atoms with Crippen molar-refractivity contribution in [3.8, 4) is 10.4 Å². The summed E-state index contributed by atoms with van der Waals surface area (Å²) in [5.41, 5.74) is 3.83. The minimum atomic E-state index is -0.715. The molecule has 7 nitrogen and oxygen atoms in total. The molecule has 3 atom stereocenters. The van der Waals surface area contributed by atoms with Crippen molar-refractivity contribution in [1.82, 2.24) is 20.5 Å². The second kappa shape index (κ2) is 10.7. The van der Waals surface area contributed by atoms with Crippen molar-refractivity contribution in [2.75, 3.05) is 6.54 Å². The molecule has 1 aromatic carbocycles. The number of carbonyl (C=O) groups excluding carboxylic acids is 3. The predicted octanol–water partition coefficient (Wildman–Crippen LogP) is 4.55. The van der Waals surface area contributed by atoms with Crippen molar-refractivity contribution in [3.63, 3.8) is 0 Å². The number of thiazole rings is 1. The number of nitrogens with zero attached hydrogens (tertiary/aromatic N) is 2. The molecule has 0 spiro atoms. The lowest BCUT2D eigenvalue weighted by atomic mass is 9.84. The zero-order valence-electron chi connectivity index (χ0n) is 22.8. The maximum Gasteiger partial charge on any atom is 0.246 e. The van der Waals surface area contributed by atoms with Gasteiger partial charge in [0.05, 0.1) is 16.1 Å². The summed E-state index contributed by atoms with van der Waals surface area (Å²) in [6, 6.07) is 6.83. The third kappa shape index (κ3) is 6.52. The first kappa shape index (κ1) is 27.8. The SMILES string of the molecule is Cc1ncsc1-c1ccc(CNC(=O)[C@@H]2C[C@@H](C)CN2C(=O)[C@@H](NC(=O)C(C)(C)C)C(C)(C)C)cc1. The van der Waals surface area contributed by atoms with Gasteiger partial charge in [0.1, 0.15) is 12.1 Å². The van der Waals surface area contributed by atoms with Gasteiger partial charge in [-0.25, -0.2) is 4.98 Å². The maximum atomic E-state index is 13.7. The molecule has 2 heterocycles. The number of carbonyl (C=O) groups is 3. The molecule has 2 N–H and O–H groups in total. The van der Waals surface area contributed by atoms with Crippen molar-refractivity contribution in [2.24, 2.45) is 16.7 Å². The van der Waals surface area contributed by atoms with Crippen LogP contribution in [0.25, 0.3) is 10.4 Å². The Morgan fingerprint density at radius 2 is 1.75 bits per heavy atom. The fraction of sp³-hybridized carbons (Fsp3) is 0.571. The fourth-order valence-electron chi connectivity index (χ4n) is 4.36. The Hall–Kier alpha value is -2.74. The Labute approximate surface area is 219 Å². The third-order valence-electron chi connectivity index (χ3n) is 6.59. The van der Waals surface area contributed by atoms with Crippen LogP contribution in [-0.4, -0.2) is 46.2 Å². The minimum Gasteiger partial charge on any atom is -0.350 e. The average molecular weight is 513 g/mol. The van der Waals surface area contributed by atoms with Gasteiger partial charge >= 0.3 is 0 Å². The lowest BCUT2D eigenvalue weighted by Gasteiger charge is -2.36. The Kier molecular flexibility index (Phi) is 8.28. The highest BCUT2D eigenvalue weighted by Gasteiger charge is 2.44. The summed E-state index contributed by atoms with van der Waals surface area (Å²) in [6.07, 6.45) is 0.602. The van der Waals surface area contributed by atoms with E-state index in [1.807, 2.05) is 85.2 Å². The summed E-state index contributed by atoms with van der Waals surface area (Å²) in [5, 5.41) is 5.99. The number of hydrogen-bond donors (Lipinski definition) is 2. The molecule has 0 bridgehead atoms. The number of hydrogen-bond acceptors (Lipinski definition) is 5. The third-order valence-corrected chi connectivity index (χ3v) is 7.57. The highest BCUT2D eigenvalue weighted by atomic mass is 32.1. The second-order valence-electron chi connectivity index (χ2n) is 12.1. The summed E-state index contributed by atoms with van der Waals surface area (Å²) in [4.78, 5) is 46.8. The van der Waals surface area contributed by atoms with E-state index in [2.05, 4.69) is 15.6 Å². The van der Waals surface area contributed by atoms with Gasteiger partial charge in [0, 0.05) is 18.5 Å². The van der Waals surface area contributed by atoms with E-state index in [1.54, 1.807) is 16.2 Å². The van der Waals surface area contributed by atoms with Crippen LogP contribution in [-0.2, 0) is 20.9 Å². The summed E-state index contributed by atoms with van der Waals surface area (Å²) in [6.45, 7) is 16.2. The Morgan fingerprint density at radius 1 is 1.11 bits per heavy atom. The van der Waals surface area contributed by atoms with E-state index in [0.29, 0.717) is 19.5 Å². The zero-order chi connectivity index (χ0) is 26.8. The molecule has 1 aliphatic heterocycles. The molecule has 1 saturated heterocycles. The van der Waals surface area contributed by atoms with Crippen LogP contribution in [0.4, 0.5) is 0 Å². The van der Waals surface area contributed by atoms with Crippen LogP contribution in [0.3, 0.4) is 0 Å². The summed E-state index contributed by atoms with van der Waals surface area (Å²) in [5.74, 6) is -0.342. The van der Waals surface area contributed by atoms with Crippen LogP contribution in [0.15, 0.2) is 29.8 Å². The Morgan fingerprint density at radius 3 is 2.28 bits per heavy atom. The second-order valence-corrected chi connectivity index (χ2v) is 12.9. The zero-order valence-corrected chi connectivity index (χ0v) is 23.6. The molecule has 0 saturated carbocycles. The number of aromatic nitrogens is 1. The first-order valence-corrected chi connectivity index (χ1v) is 13.4. The van der Waals surface area contributed by atoms with Crippen LogP contribution in [0.5, 0.6) is 0 Å². The minimum absolute atomic E-state index is 0.162. The van der Waals surface area contributed by atoms with Crippen molar-refractivity contribution < 1.29 is 14.4 Å². The highest BCUT2D eigenvalue weighted by Crippen LogP contribution is 2.30. The molecule has 2 aromatic rings. The molecule has 3 amide bonds. The summed E-state index contributed by atoms with van der Waals surface area (Å²) >= 11 is 1.61. The topological polar surface area (TPSA) is 91.4 Å². The number of aryl methyl sites for hydroxylation is 1. The van der Waals surface area contributed by atoms with Crippen molar-refractivity contribution in [2.45, 2.75) is 80.4 Å². The van der Waals surface area contributed by atoms with Crippen LogP contribution >= 0.6 is 11.3 Å². The lowest BCUT2D eigenvalue weighted by Crippen LogP contribution is -2.59. The number of nitrogens with one attached hydrogen (secondary N) is 2. The highest BCUT2D eigenvalue weighted by molar-refractivity contribution is 7.13. The van der Waals surface area contributed by atoms with Crippen LogP contribution < -0.4 is 10.6 Å². The van der Waals surface area contributed by atoms with Crippen LogP contribution in [0, 0.1) is 23.7 Å². The molecule has 1 aromatic heterocycles. The monoisotopic (exact) mass is 512 g/mol. The van der Waals surface area contributed by atoms with Gasteiger partial charge in [0.25, 0.3) is 0 Å². The molecule has 196 valence electrons. The first-order valence-electron chi connectivity index (χ1n) is 12.6. The van der Waals surface area contributed by atoms with Gasteiger partial charge in [-0.1, -0.05) is 72.7 Å². The quantitative estimate of drug-likeness (QED) is 0.594. The van der Waals surface area contributed by atoms with Gasteiger partial charge in [-0.2, -0.15) is 0 Å². The largest absolute Gasteiger partial charge is 0.350 e. The normalized spacial score (nSPS) is 19.2. The molecular weight excluding hydrogens is 472 g/mol. The Balaban J connectivity index is 1.69. The predicted molar refractivity (Wildman–Crippen MR) is 144 cm³/mol. The smallest absolute Gasteiger partial charge is 0.246 e. The van der Waals surface area contributed by atoms with Crippen molar-refractivity contribution in [1.29, 1.82) is 0 Å². The lowest BCUT2D eigenvalue weighted by molar-refractivity contribution is -0.145. The molecule has 0 unspecified atom stereocenters. The average Bonchev–Trinajstić information content (AvgIpc) is 3.39. The van der Waals surface area contributed by atoms with E-state index in [-0.39, 0.29) is 23.6 Å². The molecule has 3 rings (SSSR count). The molecular formula is C28H40N4O3S. The number of benzene rings is 1. The van der Waals surface area contributed by atoms with Gasteiger partial charge in [0.15, 0.2) is 0 Å². The number of rotatable bonds is 6. The van der Waals surface area contributed by atoms with E-state index in [1.165, 1.54) is 0 Å². The van der Waals surface area contributed by atoms with E-state index >= 15 is 0 Å². The molecule has 36 heavy (non-hydrogen) atoms. The van der Waals surface area contributed by atoms with Crippen LogP contribution in [0.2, 0.25) is 0 Å². The van der Waals surface area contributed by atoms with Gasteiger partial charge in [-0.3, -0.25) is 14.4 Å². The van der Waals surface area contributed by atoms with Gasteiger partial charge in [-0.15, -0.1) is 11.3 Å². The summed E-state index contributed by atoms with van der Waals surface area (Å²) in [7, 11) is 0. The molecule has 0 radical (unpaired) electrons. The number of amides is 3. The van der Waals surface area contributed by atoms with E-state index in [9.17, 15) is 14.4 Å². The molecule has 0 aliphatic carbocycles. The van der Waals surface area contributed by atoms with Crippen molar-refractivity contribution >= 4 is 29.1 Å². The number of likely N-dealkylation sites (tertiary alicyclic amines) is 1. The van der Waals surface area contributed by atoms with Crippen molar-refractivity contribution in [3.05, 3.63) is 41.0 Å². The van der Waals surface area contributed by atoms with Gasteiger partial charge in [0.2, 0.25) is 17.7 Å². The summed E-state index contributed by atoms with van der Waals surface area (Å²) < 4.78 is 0. The first-order chi connectivity index (χ1) is 16.7. The van der Waals surface area contributed by atoms with E-state index in [4.69, 9.17) is 0 Å². The Bertz CT molecular complexity index is 1100. The standard InChI is InChI=1S/C28H40N4O3S/c1-17-13-21(32(15-17)25(34)23(27(3,4)5)31-26(35)28(6,7)8)24(33)29-14-19-9-11-20(12-10-19)22-18(2)30-16-36-22/h9-12,16-17,21,23H,13-15H2,1-8H3,(H,29,33)(H,31,35)/t17-,21+,23-/m1/s1. The van der Waals surface area contributed by atoms with E-state index < -0.39 is 22.9 Å².